The fourth-order valence-corrected chi connectivity index (χ4v) is 1.67. The SMILES string of the molecule is Cc1ccc(C(C)(C)CCN)cc1C. The first-order valence-electron chi connectivity index (χ1n) is 5.25. The molecule has 1 rings (SSSR count). The molecular weight excluding hydrogens is 170 g/mol. The number of benzene rings is 1. The molecule has 0 unspecified atom stereocenters. The number of rotatable bonds is 3. The van der Waals surface area contributed by atoms with E-state index in [0.29, 0.717) is 0 Å². The monoisotopic (exact) mass is 191 g/mol. The van der Waals surface area contributed by atoms with Crippen LogP contribution in [0.2, 0.25) is 0 Å². The third kappa shape index (κ3) is 2.36. The van der Waals surface area contributed by atoms with Crippen LogP contribution in [0, 0.1) is 13.8 Å². The Morgan fingerprint density at radius 2 is 1.79 bits per heavy atom. The third-order valence-electron chi connectivity index (χ3n) is 3.06. The Kier molecular flexibility index (Phi) is 3.33. The smallest absolute Gasteiger partial charge is 0.00690 e. The van der Waals surface area contributed by atoms with Gasteiger partial charge in [-0.05, 0) is 48.9 Å². The lowest BCUT2D eigenvalue weighted by molar-refractivity contribution is 0.487. The van der Waals surface area contributed by atoms with Gasteiger partial charge in [0.15, 0.2) is 0 Å². The van der Waals surface area contributed by atoms with Gasteiger partial charge in [-0.3, -0.25) is 0 Å². The molecule has 0 radical (unpaired) electrons. The molecule has 0 bridgehead atoms. The van der Waals surface area contributed by atoms with E-state index in [1.807, 2.05) is 0 Å². The Morgan fingerprint density at radius 1 is 1.14 bits per heavy atom. The van der Waals surface area contributed by atoms with Crippen molar-refractivity contribution in [1.82, 2.24) is 0 Å². The predicted molar refractivity (Wildman–Crippen MR) is 62.6 cm³/mol. The minimum atomic E-state index is 0.202. The summed E-state index contributed by atoms with van der Waals surface area (Å²) in [5.41, 5.74) is 9.94. The van der Waals surface area contributed by atoms with Gasteiger partial charge in [0.2, 0.25) is 0 Å². The zero-order chi connectivity index (χ0) is 10.8. The van der Waals surface area contributed by atoms with Crippen LogP contribution < -0.4 is 5.73 Å². The van der Waals surface area contributed by atoms with Crippen LogP contribution in [0.3, 0.4) is 0 Å². The molecule has 0 aliphatic carbocycles. The summed E-state index contributed by atoms with van der Waals surface area (Å²) in [7, 11) is 0. The molecule has 1 aromatic carbocycles. The maximum atomic E-state index is 5.62. The molecule has 1 aromatic rings. The lowest BCUT2D eigenvalue weighted by Crippen LogP contribution is -2.21. The van der Waals surface area contributed by atoms with Crippen molar-refractivity contribution < 1.29 is 0 Å². The van der Waals surface area contributed by atoms with E-state index in [-0.39, 0.29) is 5.41 Å². The summed E-state index contributed by atoms with van der Waals surface area (Å²) in [6.45, 7) is 9.57. The van der Waals surface area contributed by atoms with Crippen molar-refractivity contribution in [2.24, 2.45) is 5.73 Å². The second-order valence-electron chi connectivity index (χ2n) is 4.72. The van der Waals surface area contributed by atoms with Gasteiger partial charge in [0, 0.05) is 0 Å². The molecule has 0 fully saturated rings. The van der Waals surface area contributed by atoms with Crippen LogP contribution in [0.25, 0.3) is 0 Å². The van der Waals surface area contributed by atoms with Crippen LogP contribution in [-0.4, -0.2) is 6.54 Å². The van der Waals surface area contributed by atoms with Gasteiger partial charge in [0.25, 0.3) is 0 Å². The van der Waals surface area contributed by atoms with E-state index >= 15 is 0 Å². The summed E-state index contributed by atoms with van der Waals surface area (Å²) in [5, 5.41) is 0. The molecule has 0 amide bonds. The normalized spacial score (nSPS) is 11.8. The Hall–Kier alpha value is -0.820. The highest BCUT2D eigenvalue weighted by atomic mass is 14.5. The van der Waals surface area contributed by atoms with Crippen molar-refractivity contribution in [2.45, 2.75) is 39.5 Å². The minimum Gasteiger partial charge on any atom is -0.330 e. The van der Waals surface area contributed by atoms with Gasteiger partial charge < -0.3 is 5.73 Å². The summed E-state index contributed by atoms with van der Waals surface area (Å²) in [6, 6.07) is 6.70. The molecule has 14 heavy (non-hydrogen) atoms. The summed E-state index contributed by atoms with van der Waals surface area (Å²) in [4.78, 5) is 0. The van der Waals surface area contributed by atoms with Gasteiger partial charge in [-0.25, -0.2) is 0 Å². The Balaban J connectivity index is 3.01. The first-order chi connectivity index (χ1) is 6.47. The van der Waals surface area contributed by atoms with Crippen molar-refractivity contribution in [3.63, 3.8) is 0 Å². The Morgan fingerprint density at radius 3 is 2.29 bits per heavy atom. The summed E-state index contributed by atoms with van der Waals surface area (Å²) in [6.07, 6.45) is 1.04. The molecule has 78 valence electrons. The standard InChI is InChI=1S/C13H21N/c1-10-5-6-12(9-11(10)2)13(3,4)7-8-14/h5-6,9H,7-8,14H2,1-4H3. The van der Waals surface area contributed by atoms with Crippen LogP contribution in [0.15, 0.2) is 18.2 Å². The molecule has 0 saturated heterocycles. The predicted octanol–water partition coefficient (Wildman–Crippen LogP) is 2.93. The molecule has 0 aromatic heterocycles. The van der Waals surface area contributed by atoms with Gasteiger partial charge in [0.1, 0.15) is 0 Å². The lowest BCUT2D eigenvalue weighted by Gasteiger charge is -2.25. The minimum absolute atomic E-state index is 0.202. The highest BCUT2D eigenvalue weighted by molar-refractivity contribution is 5.33. The quantitative estimate of drug-likeness (QED) is 0.781. The number of nitrogens with two attached hydrogens (primary N) is 1. The Labute approximate surface area is 87.3 Å². The molecule has 0 heterocycles. The van der Waals surface area contributed by atoms with Gasteiger partial charge in [-0.1, -0.05) is 32.0 Å². The van der Waals surface area contributed by atoms with E-state index < -0.39 is 0 Å². The van der Waals surface area contributed by atoms with Gasteiger partial charge in [0.05, 0.1) is 0 Å². The topological polar surface area (TPSA) is 26.0 Å². The van der Waals surface area contributed by atoms with E-state index in [0.717, 1.165) is 13.0 Å². The number of hydrogen-bond acceptors (Lipinski definition) is 1. The first kappa shape index (κ1) is 11.3. The first-order valence-corrected chi connectivity index (χ1v) is 5.25. The average molecular weight is 191 g/mol. The molecule has 0 aliphatic heterocycles. The third-order valence-corrected chi connectivity index (χ3v) is 3.06. The Bertz CT molecular complexity index is 313. The largest absolute Gasteiger partial charge is 0.330 e. The number of hydrogen-bond donors (Lipinski definition) is 1. The van der Waals surface area contributed by atoms with Crippen LogP contribution in [0.5, 0.6) is 0 Å². The van der Waals surface area contributed by atoms with Crippen molar-refractivity contribution in [1.29, 1.82) is 0 Å². The maximum Gasteiger partial charge on any atom is -0.00690 e. The van der Waals surface area contributed by atoms with Crippen molar-refractivity contribution in [3.05, 3.63) is 34.9 Å². The van der Waals surface area contributed by atoms with Crippen LogP contribution in [0.4, 0.5) is 0 Å². The highest BCUT2D eigenvalue weighted by Gasteiger charge is 2.19. The van der Waals surface area contributed by atoms with E-state index in [2.05, 4.69) is 45.9 Å². The van der Waals surface area contributed by atoms with Gasteiger partial charge >= 0.3 is 0 Å². The van der Waals surface area contributed by atoms with E-state index in [9.17, 15) is 0 Å². The summed E-state index contributed by atoms with van der Waals surface area (Å²) >= 11 is 0. The molecule has 0 aliphatic rings. The number of aryl methyl sites for hydroxylation is 2. The second-order valence-corrected chi connectivity index (χ2v) is 4.72. The highest BCUT2D eigenvalue weighted by Crippen LogP contribution is 2.27. The lowest BCUT2D eigenvalue weighted by atomic mass is 9.80. The van der Waals surface area contributed by atoms with Crippen LogP contribution in [0.1, 0.15) is 37.0 Å². The van der Waals surface area contributed by atoms with Crippen molar-refractivity contribution >= 4 is 0 Å². The molecular formula is C13H21N. The summed E-state index contributed by atoms with van der Waals surface area (Å²) < 4.78 is 0. The van der Waals surface area contributed by atoms with Crippen LogP contribution >= 0.6 is 0 Å². The zero-order valence-electron chi connectivity index (χ0n) is 9.72. The second kappa shape index (κ2) is 4.14. The van der Waals surface area contributed by atoms with Crippen LogP contribution in [-0.2, 0) is 5.41 Å². The average Bonchev–Trinajstić information content (AvgIpc) is 2.09. The molecule has 2 N–H and O–H groups in total. The van der Waals surface area contributed by atoms with E-state index in [1.54, 1.807) is 0 Å². The van der Waals surface area contributed by atoms with E-state index in [1.165, 1.54) is 16.7 Å². The van der Waals surface area contributed by atoms with Crippen molar-refractivity contribution in [2.75, 3.05) is 6.54 Å². The molecule has 0 saturated carbocycles. The van der Waals surface area contributed by atoms with Gasteiger partial charge in [-0.2, -0.15) is 0 Å². The molecule has 1 nitrogen and oxygen atoms in total. The fraction of sp³-hybridized carbons (Fsp3) is 0.538. The van der Waals surface area contributed by atoms with E-state index in [4.69, 9.17) is 5.73 Å². The summed E-state index contributed by atoms with van der Waals surface area (Å²) in [5.74, 6) is 0. The molecule has 0 atom stereocenters. The maximum absolute atomic E-state index is 5.62. The molecule has 0 spiro atoms. The molecule has 1 heteroatoms. The fourth-order valence-electron chi connectivity index (χ4n) is 1.67. The van der Waals surface area contributed by atoms with Crippen molar-refractivity contribution in [3.8, 4) is 0 Å². The van der Waals surface area contributed by atoms with Gasteiger partial charge in [-0.15, -0.1) is 0 Å². The zero-order valence-corrected chi connectivity index (χ0v) is 9.72.